The van der Waals surface area contributed by atoms with Crippen LogP contribution in [0.25, 0.3) is 0 Å². The summed E-state index contributed by atoms with van der Waals surface area (Å²) in [6, 6.07) is 13.8. The molecule has 0 radical (unpaired) electrons. The molecule has 2 aromatic rings. The van der Waals surface area contributed by atoms with Crippen LogP contribution >= 0.6 is 11.6 Å². The molecule has 1 fully saturated rings. The summed E-state index contributed by atoms with van der Waals surface area (Å²) in [6.45, 7) is 7.82. The van der Waals surface area contributed by atoms with Gasteiger partial charge in [0.2, 0.25) is 0 Å². The lowest BCUT2D eigenvalue weighted by atomic mass is 10.2. The molecule has 0 aromatic heterocycles. The van der Waals surface area contributed by atoms with Gasteiger partial charge in [-0.3, -0.25) is 4.90 Å². The molecule has 6 heteroatoms. The number of methoxy groups -OCH3 is 1. The fraction of sp³-hybridized carbons (Fsp3) is 0.429. The summed E-state index contributed by atoms with van der Waals surface area (Å²) < 4.78 is 11.4. The molecule has 5 nitrogen and oxygen atoms in total. The molecule has 0 atom stereocenters. The third-order valence-corrected chi connectivity index (χ3v) is 4.93. The van der Waals surface area contributed by atoms with Gasteiger partial charge >= 0.3 is 0 Å². The maximum Gasteiger partial charge on any atom is 0.161 e. The fourth-order valence-electron chi connectivity index (χ4n) is 3.09. The second kappa shape index (κ2) is 10.5. The molecule has 1 heterocycles. The molecule has 0 amide bonds. The number of piperazine rings is 1. The summed E-state index contributed by atoms with van der Waals surface area (Å²) in [5, 5.41) is 7.62. The van der Waals surface area contributed by atoms with Gasteiger partial charge in [0, 0.05) is 50.8 Å². The van der Waals surface area contributed by atoms with Crippen LogP contribution < -0.4 is 20.1 Å². The van der Waals surface area contributed by atoms with Gasteiger partial charge < -0.3 is 20.1 Å². The van der Waals surface area contributed by atoms with Gasteiger partial charge in [-0.25, -0.2) is 0 Å². The van der Waals surface area contributed by atoms with Gasteiger partial charge in [-0.05, 0) is 35.4 Å². The second-order valence-corrected chi connectivity index (χ2v) is 7.11. The summed E-state index contributed by atoms with van der Waals surface area (Å²) >= 11 is 5.92. The minimum Gasteiger partial charge on any atom is -0.493 e. The smallest absolute Gasteiger partial charge is 0.161 e. The van der Waals surface area contributed by atoms with Gasteiger partial charge in [-0.15, -0.1) is 0 Å². The first-order valence-corrected chi connectivity index (χ1v) is 9.80. The summed E-state index contributed by atoms with van der Waals surface area (Å²) in [6.07, 6.45) is 0. The van der Waals surface area contributed by atoms with E-state index in [1.807, 2.05) is 36.4 Å². The van der Waals surface area contributed by atoms with Crippen LogP contribution in [-0.4, -0.2) is 51.3 Å². The van der Waals surface area contributed by atoms with E-state index in [9.17, 15) is 0 Å². The maximum atomic E-state index is 5.92. The molecule has 1 aliphatic rings. The molecule has 3 rings (SSSR count). The van der Waals surface area contributed by atoms with Gasteiger partial charge in [0.05, 0.1) is 7.11 Å². The van der Waals surface area contributed by atoms with Crippen molar-refractivity contribution in [1.29, 1.82) is 0 Å². The Labute approximate surface area is 166 Å². The highest BCUT2D eigenvalue weighted by atomic mass is 35.5. The van der Waals surface area contributed by atoms with Crippen LogP contribution in [0.3, 0.4) is 0 Å². The van der Waals surface area contributed by atoms with E-state index in [1.54, 1.807) is 7.11 Å². The Balaban J connectivity index is 1.47. The number of hydrogen-bond acceptors (Lipinski definition) is 5. The van der Waals surface area contributed by atoms with E-state index in [0.717, 1.165) is 67.9 Å². The SMILES string of the molecule is COc1cc(CNCCN2CCNCC2)ccc1OCc1ccc(Cl)cc1. The van der Waals surface area contributed by atoms with E-state index in [4.69, 9.17) is 21.1 Å². The van der Waals surface area contributed by atoms with Gasteiger partial charge in [0.25, 0.3) is 0 Å². The molecule has 2 N–H and O–H groups in total. The van der Waals surface area contributed by atoms with Crippen molar-refractivity contribution >= 4 is 11.6 Å². The average Bonchev–Trinajstić information content (AvgIpc) is 2.72. The highest BCUT2D eigenvalue weighted by Gasteiger charge is 2.09. The zero-order valence-corrected chi connectivity index (χ0v) is 16.6. The number of nitrogens with one attached hydrogen (secondary N) is 2. The van der Waals surface area contributed by atoms with Gasteiger partial charge in [0.15, 0.2) is 11.5 Å². The summed E-state index contributed by atoms with van der Waals surface area (Å²) in [5.41, 5.74) is 2.26. The van der Waals surface area contributed by atoms with Crippen molar-refractivity contribution in [3.05, 3.63) is 58.6 Å². The Morgan fingerprint density at radius 3 is 2.52 bits per heavy atom. The van der Waals surface area contributed by atoms with Crippen LogP contribution in [0.5, 0.6) is 11.5 Å². The third kappa shape index (κ3) is 6.40. The Morgan fingerprint density at radius 2 is 1.78 bits per heavy atom. The summed E-state index contributed by atoms with van der Waals surface area (Å²) in [7, 11) is 1.67. The Hall–Kier alpha value is -1.79. The van der Waals surface area contributed by atoms with Crippen LogP contribution in [0.1, 0.15) is 11.1 Å². The van der Waals surface area contributed by atoms with Crippen molar-refractivity contribution in [2.45, 2.75) is 13.2 Å². The number of hydrogen-bond donors (Lipinski definition) is 2. The molecule has 146 valence electrons. The molecular weight excluding hydrogens is 362 g/mol. The third-order valence-electron chi connectivity index (χ3n) is 4.68. The number of ether oxygens (including phenoxy) is 2. The molecule has 0 spiro atoms. The van der Waals surface area contributed by atoms with Gasteiger partial charge in [0.1, 0.15) is 6.61 Å². The van der Waals surface area contributed by atoms with Crippen molar-refractivity contribution < 1.29 is 9.47 Å². The highest BCUT2D eigenvalue weighted by Crippen LogP contribution is 2.29. The largest absolute Gasteiger partial charge is 0.493 e. The van der Waals surface area contributed by atoms with Crippen LogP contribution in [0.2, 0.25) is 5.02 Å². The summed E-state index contributed by atoms with van der Waals surface area (Å²) in [4.78, 5) is 2.48. The van der Waals surface area contributed by atoms with E-state index in [-0.39, 0.29) is 0 Å². The fourth-order valence-corrected chi connectivity index (χ4v) is 3.21. The molecule has 0 aliphatic carbocycles. The number of rotatable bonds is 9. The molecule has 1 saturated heterocycles. The second-order valence-electron chi connectivity index (χ2n) is 6.67. The quantitative estimate of drug-likeness (QED) is 0.646. The lowest BCUT2D eigenvalue weighted by molar-refractivity contribution is 0.241. The standard InChI is InChI=1S/C21H28ClN3O2/c1-26-21-14-18(15-24-10-13-25-11-8-23-9-12-25)4-7-20(21)27-16-17-2-5-19(22)6-3-17/h2-7,14,23-24H,8-13,15-16H2,1H3. The van der Waals surface area contributed by atoms with Crippen molar-refractivity contribution in [2.24, 2.45) is 0 Å². The average molecular weight is 390 g/mol. The molecule has 1 aliphatic heterocycles. The highest BCUT2D eigenvalue weighted by molar-refractivity contribution is 6.30. The normalized spacial score (nSPS) is 14.9. The Bertz CT molecular complexity index is 703. The number of benzene rings is 2. The van der Waals surface area contributed by atoms with E-state index >= 15 is 0 Å². The van der Waals surface area contributed by atoms with Crippen LogP contribution in [0, 0.1) is 0 Å². The molecule has 2 aromatic carbocycles. The maximum absolute atomic E-state index is 5.92. The Morgan fingerprint density at radius 1 is 1.04 bits per heavy atom. The van der Waals surface area contributed by atoms with Crippen molar-refractivity contribution in [3.8, 4) is 11.5 Å². The predicted octanol–water partition coefficient (Wildman–Crippen LogP) is 2.92. The van der Waals surface area contributed by atoms with E-state index in [1.165, 1.54) is 5.56 Å². The lowest BCUT2D eigenvalue weighted by Gasteiger charge is -2.27. The minimum absolute atomic E-state index is 0.482. The molecule has 0 unspecified atom stereocenters. The lowest BCUT2D eigenvalue weighted by Crippen LogP contribution is -2.45. The van der Waals surface area contributed by atoms with Crippen LogP contribution in [0.15, 0.2) is 42.5 Å². The van der Waals surface area contributed by atoms with Crippen LogP contribution in [0.4, 0.5) is 0 Å². The first kappa shape index (κ1) is 20.0. The zero-order chi connectivity index (χ0) is 18.9. The van der Waals surface area contributed by atoms with Gasteiger partial charge in [-0.2, -0.15) is 0 Å². The van der Waals surface area contributed by atoms with E-state index in [2.05, 4.69) is 21.6 Å². The van der Waals surface area contributed by atoms with E-state index in [0.29, 0.717) is 6.61 Å². The molecule has 27 heavy (non-hydrogen) atoms. The first-order chi connectivity index (χ1) is 13.2. The first-order valence-electron chi connectivity index (χ1n) is 9.42. The monoisotopic (exact) mass is 389 g/mol. The summed E-state index contributed by atoms with van der Waals surface area (Å²) in [5.74, 6) is 1.50. The zero-order valence-electron chi connectivity index (χ0n) is 15.8. The number of halogens is 1. The molecular formula is C21H28ClN3O2. The van der Waals surface area contributed by atoms with Crippen LogP contribution in [-0.2, 0) is 13.2 Å². The van der Waals surface area contributed by atoms with Crippen molar-refractivity contribution in [1.82, 2.24) is 15.5 Å². The Kier molecular flexibility index (Phi) is 7.78. The van der Waals surface area contributed by atoms with E-state index < -0.39 is 0 Å². The van der Waals surface area contributed by atoms with Crippen molar-refractivity contribution in [2.75, 3.05) is 46.4 Å². The van der Waals surface area contributed by atoms with Crippen molar-refractivity contribution in [3.63, 3.8) is 0 Å². The topological polar surface area (TPSA) is 45.8 Å². The molecule has 0 saturated carbocycles. The predicted molar refractivity (Wildman–Crippen MR) is 110 cm³/mol. The van der Waals surface area contributed by atoms with Gasteiger partial charge in [-0.1, -0.05) is 29.8 Å². The number of nitrogens with zero attached hydrogens (tertiary/aromatic N) is 1. The minimum atomic E-state index is 0.482. The molecule has 0 bridgehead atoms.